The van der Waals surface area contributed by atoms with Crippen LogP contribution in [0.4, 0.5) is 0 Å². The van der Waals surface area contributed by atoms with E-state index in [1.54, 1.807) is 0 Å². The molecule has 5 nitrogen and oxygen atoms in total. The monoisotopic (exact) mass is 810 g/mol. The Hall–Kier alpha value is -7.96. The first-order valence-corrected chi connectivity index (χ1v) is 18.4. The maximum absolute atomic E-state index is 10.1. The zero-order valence-corrected chi connectivity index (χ0v) is 30.7. The molecule has 61 heavy (non-hydrogen) atoms. The first kappa shape index (κ1) is 15.6. The molecule has 2 aliphatic rings. The lowest BCUT2D eigenvalue weighted by Gasteiger charge is -2.33. The quantitative estimate of drug-likeness (QED) is 0.167. The van der Waals surface area contributed by atoms with Gasteiger partial charge in [-0.3, -0.25) is 0 Å². The topological polar surface area (TPSA) is 41.5 Å². The Morgan fingerprint density at radius 3 is 1.80 bits per heavy atom. The first-order valence-electron chi connectivity index (χ1n) is 33.4. The van der Waals surface area contributed by atoms with Crippen LogP contribution in [-0.4, -0.2) is 15.8 Å². The van der Waals surface area contributed by atoms with Crippen LogP contribution in [0.25, 0.3) is 88.1 Å². The Balaban J connectivity index is 1.14. The number of furan rings is 1. The summed E-state index contributed by atoms with van der Waals surface area (Å²) in [6, 6.07) is -25.2. The normalized spacial score (nSPS) is 19.8. The van der Waals surface area contributed by atoms with E-state index < -0.39 is 299 Å². The third kappa shape index (κ3) is 4.51. The van der Waals surface area contributed by atoms with Gasteiger partial charge in [-0.05, 0) is 95.4 Å². The van der Waals surface area contributed by atoms with Crippen LogP contribution < -0.4 is 25.9 Å². The fourth-order valence-corrected chi connectivity index (χ4v) is 8.30. The second-order valence-electron chi connectivity index (χ2n) is 14.1. The van der Waals surface area contributed by atoms with Crippen molar-refractivity contribution in [2.24, 2.45) is 0 Å². The Labute approximate surface area is 392 Å². The van der Waals surface area contributed by atoms with Gasteiger partial charge in [0.2, 0.25) is 0 Å². The minimum atomic E-state index is -1.58. The zero-order valence-electron chi connectivity index (χ0n) is 60.7. The molecule has 12 aromatic rings. The van der Waals surface area contributed by atoms with Crippen LogP contribution in [0.5, 0.6) is 23.0 Å². The van der Waals surface area contributed by atoms with Gasteiger partial charge in [-0.1, -0.05) is 115 Å². The molecule has 14 rings (SSSR count). The van der Waals surface area contributed by atoms with Crippen molar-refractivity contribution >= 4 is 88.7 Å². The molecule has 0 fully saturated rings. The molecule has 3 aromatic heterocycles. The molecule has 6 heteroatoms. The van der Waals surface area contributed by atoms with Crippen LogP contribution in [-0.2, 0) is 0 Å². The van der Waals surface area contributed by atoms with Gasteiger partial charge >= 0.3 is 0 Å². The molecule has 0 bridgehead atoms. The molecule has 0 spiro atoms. The molecule has 9 aromatic carbocycles. The number of rotatable bonds is 3. The van der Waals surface area contributed by atoms with Crippen LogP contribution >= 0.6 is 0 Å². The van der Waals surface area contributed by atoms with E-state index in [0.717, 1.165) is 9.13 Å². The van der Waals surface area contributed by atoms with E-state index in [2.05, 4.69) is 0 Å². The summed E-state index contributed by atoms with van der Waals surface area (Å²) in [6.45, 7) is -0.229. The predicted octanol–water partition coefficient (Wildman–Crippen LogP) is 12.5. The van der Waals surface area contributed by atoms with Crippen molar-refractivity contribution in [2.45, 2.75) is 6.92 Å². The summed E-state index contributed by atoms with van der Waals surface area (Å²) in [7, 11) is 0. The fourth-order valence-electron chi connectivity index (χ4n) is 8.30. The van der Waals surface area contributed by atoms with Crippen molar-refractivity contribution in [1.29, 1.82) is 0 Å². The molecule has 5 heterocycles. The van der Waals surface area contributed by atoms with Crippen molar-refractivity contribution in [3.05, 3.63) is 187 Å². The number of aromatic nitrogens is 2. The molecular weight excluding hydrogens is 747 g/mol. The van der Waals surface area contributed by atoms with Gasteiger partial charge in [0.05, 0.1) is 68.9 Å². The van der Waals surface area contributed by atoms with E-state index >= 15 is 0 Å². The van der Waals surface area contributed by atoms with Crippen LogP contribution in [0.15, 0.2) is 186 Å². The highest BCUT2D eigenvalue weighted by Crippen LogP contribution is 2.44. The van der Waals surface area contributed by atoms with Gasteiger partial charge in [0.25, 0.3) is 6.71 Å². The lowest BCUT2D eigenvalue weighted by molar-refractivity contribution is 0.464. The Morgan fingerprint density at radius 1 is 0.443 bits per heavy atom. The summed E-state index contributed by atoms with van der Waals surface area (Å²) >= 11 is 0. The molecular formula is C55H33BN2O3. The van der Waals surface area contributed by atoms with Crippen molar-refractivity contribution in [3.8, 4) is 45.5 Å². The summed E-state index contributed by atoms with van der Waals surface area (Å²) in [5.41, 5.74) is -7.90. The van der Waals surface area contributed by atoms with Gasteiger partial charge in [0.1, 0.15) is 28.6 Å². The van der Waals surface area contributed by atoms with E-state index in [4.69, 9.17) is 37.2 Å². The van der Waals surface area contributed by atoms with E-state index in [-0.39, 0.29) is 22.0 Å². The van der Waals surface area contributed by atoms with Gasteiger partial charge in [-0.2, -0.15) is 0 Å². The molecule has 0 N–H and O–H groups in total. The van der Waals surface area contributed by atoms with Crippen LogP contribution in [0, 0.1) is 6.92 Å². The maximum Gasteiger partial charge on any atom is 0.260 e. The number of nitrogens with zero attached hydrogens (tertiary/aromatic N) is 2. The lowest BCUT2D eigenvalue weighted by Crippen LogP contribution is -2.57. The fraction of sp³-hybridized carbons (Fsp3) is 0.0182. The van der Waals surface area contributed by atoms with Crippen LogP contribution in [0.3, 0.4) is 0 Å². The molecule has 284 valence electrons. The van der Waals surface area contributed by atoms with E-state index in [0.29, 0.717) is 0 Å². The second kappa shape index (κ2) is 12.1. The standard InChI is InChI=1S/C55H33BN2O3/c1-32-24-26-43-50(28-32)60-52-30-33(29-51-53(52)56(43)42-18-5-9-23-49(42)59-51)35-15-10-16-39-40-17-11-22-48(55(40)61-54(35)39)58-46-21-8-4-14-38(46)41-31-34(25-27-47(41)58)57-44-19-6-2-12-36(44)37-13-3-7-20-45(37)57/h2-31H,1H3/i2D,3D,4D,5D,6D,7D,8D,9D,10D,11D,12D,13D,14D,15D,16D,17D,18D,19D,20D,21D,22D,23D,24D,25D,26D,27D,28D,29D,30D,31D. The van der Waals surface area contributed by atoms with Gasteiger partial charge in [0.15, 0.2) is 5.58 Å². The minimum Gasteiger partial charge on any atom is -0.458 e. The van der Waals surface area contributed by atoms with Crippen LogP contribution in [0.2, 0.25) is 0 Å². The van der Waals surface area contributed by atoms with E-state index in [9.17, 15) is 17.8 Å². The zero-order chi connectivity index (χ0) is 66.0. The van der Waals surface area contributed by atoms with Crippen molar-refractivity contribution in [1.82, 2.24) is 9.13 Å². The largest absolute Gasteiger partial charge is 0.458 e. The molecule has 0 unspecified atom stereocenters. The Morgan fingerprint density at radius 2 is 1.03 bits per heavy atom. The third-order valence-electron chi connectivity index (χ3n) is 10.8. The third-order valence-corrected chi connectivity index (χ3v) is 10.8. The predicted molar refractivity (Wildman–Crippen MR) is 250 cm³/mol. The number of para-hydroxylation sites is 6. The number of hydrogen-bond acceptors (Lipinski definition) is 3. The SMILES string of the molecule is [2H]c1c([2H])c([2H])c2c(c1[2H])Oc1c([2H])c(-c3c([2H])c([2H])c([2H])c4c3oc3c(-n5c6c([2H])c([2H])c([2H])c([2H])c6c6c([2H])c(-n7c8c([2H])c([2H])c([2H])c([2H])c8c8c([2H])c([2H])c([2H])c([2H])c87)c([2H])c([2H])c65)c([2H])c([2H])c([2H])c34)c([2H])c3c1B2c1c([2H])c([2H])c(C)c([2H])c1O3. The van der Waals surface area contributed by atoms with Crippen molar-refractivity contribution < 1.29 is 55.0 Å². The average Bonchev–Trinajstić information content (AvgIpc) is 1.68. The lowest BCUT2D eigenvalue weighted by atomic mass is 9.35. The van der Waals surface area contributed by atoms with Gasteiger partial charge < -0.3 is 23.0 Å². The Kier molecular flexibility index (Phi) is 3.08. The summed E-state index contributed by atoms with van der Waals surface area (Å²) < 4.78 is 297. The molecule has 2 aliphatic heterocycles. The van der Waals surface area contributed by atoms with Crippen LogP contribution in [0.1, 0.15) is 46.7 Å². The van der Waals surface area contributed by atoms with Gasteiger partial charge in [0, 0.05) is 49.0 Å². The highest BCUT2D eigenvalue weighted by molar-refractivity contribution is 6.98. The van der Waals surface area contributed by atoms with Gasteiger partial charge in [-0.25, -0.2) is 0 Å². The van der Waals surface area contributed by atoms with Crippen molar-refractivity contribution in [2.75, 3.05) is 0 Å². The highest BCUT2D eigenvalue weighted by atomic mass is 16.5. The molecule has 0 radical (unpaired) electrons. The summed E-state index contributed by atoms with van der Waals surface area (Å²) in [5, 5.41) is -3.41. The molecule has 0 aliphatic carbocycles. The van der Waals surface area contributed by atoms with E-state index in [1.807, 2.05) is 0 Å². The summed E-state index contributed by atoms with van der Waals surface area (Å²) in [5.74, 6) is -2.15. The van der Waals surface area contributed by atoms with Crippen molar-refractivity contribution in [3.63, 3.8) is 0 Å². The smallest absolute Gasteiger partial charge is 0.260 e. The molecule has 0 saturated carbocycles. The van der Waals surface area contributed by atoms with E-state index in [1.165, 1.54) is 6.92 Å². The molecule has 0 saturated heterocycles. The number of benzene rings is 9. The first-order chi connectivity index (χ1) is 42.7. The highest BCUT2D eigenvalue weighted by Gasteiger charge is 2.40. The number of hydrogen-bond donors (Lipinski definition) is 0. The Bertz CT molecular complexity index is 5460. The van der Waals surface area contributed by atoms with Gasteiger partial charge in [-0.15, -0.1) is 0 Å². The number of ether oxygens (including phenoxy) is 2. The summed E-state index contributed by atoms with van der Waals surface area (Å²) in [6.07, 6.45) is 0. The minimum absolute atomic E-state index is 0.0694. The second-order valence-corrected chi connectivity index (χ2v) is 14.1. The molecule has 0 atom stereocenters. The molecule has 0 amide bonds. The summed E-state index contributed by atoms with van der Waals surface area (Å²) in [4.78, 5) is 0. The maximum atomic E-state index is 10.1. The average molecular weight is 811 g/mol. The number of fused-ring (bicyclic) bond motifs is 13.